The fourth-order valence-electron chi connectivity index (χ4n) is 4.11. The Balaban J connectivity index is 1.50. The number of ether oxygens (including phenoxy) is 1. The third-order valence-electron chi connectivity index (χ3n) is 6.01. The number of nitrogens with zero attached hydrogens (tertiary/aromatic N) is 1. The molecule has 2 aliphatic rings. The second kappa shape index (κ2) is 8.85. The van der Waals surface area contributed by atoms with Crippen LogP contribution in [0.15, 0.2) is 24.3 Å². The Bertz CT molecular complexity index is 836. The van der Waals surface area contributed by atoms with Crippen LogP contribution in [-0.4, -0.2) is 47.4 Å². The van der Waals surface area contributed by atoms with Crippen LogP contribution in [0.4, 0.5) is 10.5 Å². The summed E-state index contributed by atoms with van der Waals surface area (Å²) < 4.78 is 4.97. The second-order valence-corrected chi connectivity index (χ2v) is 8.43. The number of hydrogen-bond donors (Lipinski definition) is 2. The van der Waals surface area contributed by atoms with Crippen molar-refractivity contribution >= 4 is 29.5 Å². The Labute approximate surface area is 176 Å². The fourth-order valence-corrected chi connectivity index (χ4v) is 4.11. The zero-order chi connectivity index (χ0) is 21.9. The molecule has 0 radical (unpaired) electrons. The van der Waals surface area contributed by atoms with Crippen LogP contribution < -0.4 is 10.6 Å². The summed E-state index contributed by atoms with van der Waals surface area (Å²) in [6, 6.07) is 6.83. The minimum atomic E-state index is -0.921. The van der Waals surface area contributed by atoms with Gasteiger partial charge in [-0.15, -0.1) is 0 Å². The van der Waals surface area contributed by atoms with Crippen LogP contribution in [0.5, 0.6) is 0 Å². The lowest BCUT2D eigenvalue weighted by molar-refractivity contribution is -0.150. The summed E-state index contributed by atoms with van der Waals surface area (Å²) in [5.74, 6) is -1.28. The standard InChI is InChI=1S/C22H29N3O5/c1-14(2)16-7-9-17(10-8-16)23-18(26)13-30-19(27)12-25-20(28)22(24-21(25)29)11-5-4-6-15(22)3/h7-10,14-15H,4-6,11-13H2,1-3H3,(H,23,26)(H,24,29)/t15-,22+/m0/s1. The lowest BCUT2D eigenvalue weighted by Gasteiger charge is -2.36. The summed E-state index contributed by atoms with van der Waals surface area (Å²) >= 11 is 0. The molecular formula is C22H29N3O5. The Morgan fingerprint density at radius 2 is 1.93 bits per heavy atom. The maximum Gasteiger partial charge on any atom is 0.326 e. The molecular weight excluding hydrogens is 386 g/mol. The summed E-state index contributed by atoms with van der Waals surface area (Å²) in [6.07, 6.45) is 3.29. The van der Waals surface area contributed by atoms with Gasteiger partial charge in [-0.1, -0.05) is 45.7 Å². The topological polar surface area (TPSA) is 105 Å². The molecule has 162 valence electrons. The van der Waals surface area contributed by atoms with Crippen molar-refractivity contribution < 1.29 is 23.9 Å². The number of nitrogens with one attached hydrogen (secondary N) is 2. The monoisotopic (exact) mass is 415 g/mol. The number of anilines is 1. The van der Waals surface area contributed by atoms with E-state index in [1.807, 2.05) is 19.1 Å². The van der Waals surface area contributed by atoms with Gasteiger partial charge in [0.2, 0.25) is 0 Å². The minimum Gasteiger partial charge on any atom is -0.454 e. The third kappa shape index (κ3) is 4.47. The zero-order valence-corrected chi connectivity index (χ0v) is 17.7. The number of rotatable bonds is 6. The average Bonchev–Trinajstić information content (AvgIpc) is 2.94. The molecule has 0 unspecified atom stereocenters. The summed E-state index contributed by atoms with van der Waals surface area (Å²) in [7, 11) is 0. The highest BCUT2D eigenvalue weighted by molar-refractivity contribution is 6.09. The van der Waals surface area contributed by atoms with E-state index >= 15 is 0 Å². The molecule has 0 aromatic heterocycles. The number of carbonyl (C=O) groups excluding carboxylic acids is 4. The quantitative estimate of drug-likeness (QED) is 0.549. The van der Waals surface area contributed by atoms with Crippen LogP contribution in [0.2, 0.25) is 0 Å². The number of amides is 4. The molecule has 1 aromatic carbocycles. The number of carbonyl (C=O) groups is 4. The molecule has 2 fully saturated rings. The second-order valence-electron chi connectivity index (χ2n) is 8.43. The molecule has 1 heterocycles. The van der Waals surface area contributed by atoms with Gasteiger partial charge < -0.3 is 15.4 Å². The van der Waals surface area contributed by atoms with E-state index in [0.717, 1.165) is 29.7 Å². The van der Waals surface area contributed by atoms with Gasteiger partial charge in [0.25, 0.3) is 11.8 Å². The van der Waals surface area contributed by atoms with Crippen molar-refractivity contribution in [2.75, 3.05) is 18.5 Å². The van der Waals surface area contributed by atoms with Crippen molar-refractivity contribution in [2.24, 2.45) is 5.92 Å². The van der Waals surface area contributed by atoms with Gasteiger partial charge in [-0.3, -0.25) is 19.3 Å². The predicted octanol–water partition coefficient (Wildman–Crippen LogP) is 2.79. The first kappa shape index (κ1) is 21.8. The summed E-state index contributed by atoms with van der Waals surface area (Å²) in [5.41, 5.74) is 0.829. The van der Waals surface area contributed by atoms with Crippen LogP contribution >= 0.6 is 0 Å². The number of benzene rings is 1. The molecule has 3 rings (SSSR count). The molecule has 1 spiro atoms. The van der Waals surface area contributed by atoms with Gasteiger partial charge in [0.15, 0.2) is 6.61 Å². The van der Waals surface area contributed by atoms with E-state index in [9.17, 15) is 19.2 Å². The van der Waals surface area contributed by atoms with E-state index < -0.39 is 36.6 Å². The van der Waals surface area contributed by atoms with Crippen LogP contribution in [0.1, 0.15) is 57.9 Å². The highest BCUT2D eigenvalue weighted by atomic mass is 16.5. The molecule has 2 atom stereocenters. The number of hydrogen-bond acceptors (Lipinski definition) is 5. The molecule has 1 saturated carbocycles. The van der Waals surface area contributed by atoms with Crippen molar-refractivity contribution in [1.29, 1.82) is 0 Å². The normalized spacial score (nSPS) is 23.6. The Morgan fingerprint density at radius 1 is 1.23 bits per heavy atom. The molecule has 1 aliphatic heterocycles. The average molecular weight is 415 g/mol. The van der Waals surface area contributed by atoms with E-state index in [0.29, 0.717) is 18.0 Å². The molecule has 1 aromatic rings. The van der Waals surface area contributed by atoms with E-state index in [4.69, 9.17) is 4.74 Å². The Hall–Kier alpha value is -2.90. The van der Waals surface area contributed by atoms with Gasteiger partial charge in [0.05, 0.1) is 0 Å². The SMILES string of the molecule is CC(C)c1ccc(NC(=O)COC(=O)CN2C(=O)N[C@@]3(CCCC[C@@H]3C)C2=O)cc1. The van der Waals surface area contributed by atoms with Crippen molar-refractivity contribution in [3.63, 3.8) is 0 Å². The summed E-state index contributed by atoms with van der Waals surface area (Å²) in [4.78, 5) is 50.2. The smallest absolute Gasteiger partial charge is 0.326 e. The first-order valence-corrected chi connectivity index (χ1v) is 10.4. The van der Waals surface area contributed by atoms with Crippen LogP contribution in [-0.2, 0) is 19.1 Å². The van der Waals surface area contributed by atoms with Crippen molar-refractivity contribution in [3.05, 3.63) is 29.8 Å². The molecule has 1 saturated heterocycles. The van der Waals surface area contributed by atoms with Crippen molar-refractivity contribution in [2.45, 2.75) is 57.9 Å². The first-order chi connectivity index (χ1) is 14.2. The molecule has 8 heteroatoms. The number of esters is 1. The van der Waals surface area contributed by atoms with Gasteiger partial charge in [0, 0.05) is 5.69 Å². The lowest BCUT2D eigenvalue weighted by Crippen LogP contribution is -2.54. The maximum absolute atomic E-state index is 12.8. The van der Waals surface area contributed by atoms with Gasteiger partial charge >= 0.3 is 12.0 Å². The first-order valence-electron chi connectivity index (χ1n) is 10.4. The molecule has 2 N–H and O–H groups in total. The van der Waals surface area contributed by atoms with Crippen molar-refractivity contribution in [1.82, 2.24) is 10.2 Å². The summed E-state index contributed by atoms with van der Waals surface area (Å²) in [5, 5.41) is 5.44. The van der Waals surface area contributed by atoms with E-state index in [2.05, 4.69) is 24.5 Å². The highest BCUT2D eigenvalue weighted by Crippen LogP contribution is 2.38. The van der Waals surface area contributed by atoms with Gasteiger partial charge in [0.1, 0.15) is 12.1 Å². The maximum atomic E-state index is 12.8. The Morgan fingerprint density at radius 3 is 2.57 bits per heavy atom. The molecule has 4 amide bonds. The fraction of sp³-hybridized carbons (Fsp3) is 0.545. The molecule has 8 nitrogen and oxygen atoms in total. The van der Waals surface area contributed by atoms with Crippen LogP contribution in [0.3, 0.4) is 0 Å². The highest BCUT2D eigenvalue weighted by Gasteiger charge is 2.55. The number of urea groups is 1. The number of imide groups is 1. The van der Waals surface area contributed by atoms with E-state index in [1.165, 1.54) is 0 Å². The van der Waals surface area contributed by atoms with E-state index in [1.54, 1.807) is 12.1 Å². The third-order valence-corrected chi connectivity index (χ3v) is 6.01. The van der Waals surface area contributed by atoms with Gasteiger partial charge in [-0.25, -0.2) is 4.79 Å². The van der Waals surface area contributed by atoms with Crippen molar-refractivity contribution in [3.8, 4) is 0 Å². The summed E-state index contributed by atoms with van der Waals surface area (Å²) in [6.45, 7) is 5.10. The largest absolute Gasteiger partial charge is 0.454 e. The molecule has 0 bridgehead atoms. The zero-order valence-electron chi connectivity index (χ0n) is 17.7. The predicted molar refractivity (Wildman–Crippen MR) is 111 cm³/mol. The molecule has 30 heavy (non-hydrogen) atoms. The molecule has 1 aliphatic carbocycles. The van der Waals surface area contributed by atoms with Crippen LogP contribution in [0, 0.1) is 5.92 Å². The van der Waals surface area contributed by atoms with E-state index in [-0.39, 0.29) is 11.8 Å². The lowest BCUT2D eigenvalue weighted by atomic mass is 9.73. The van der Waals surface area contributed by atoms with Crippen LogP contribution in [0.25, 0.3) is 0 Å². The van der Waals surface area contributed by atoms with Gasteiger partial charge in [-0.2, -0.15) is 0 Å². The van der Waals surface area contributed by atoms with Gasteiger partial charge in [-0.05, 0) is 42.4 Å². The minimum absolute atomic E-state index is 0.0107. The Kier molecular flexibility index (Phi) is 6.43.